The molecule has 1 saturated heterocycles. The summed E-state index contributed by atoms with van der Waals surface area (Å²) in [7, 11) is -1.60. The summed E-state index contributed by atoms with van der Waals surface area (Å²) in [6, 6.07) is 8.31. The van der Waals surface area contributed by atoms with Crippen LogP contribution in [0.15, 0.2) is 35.3 Å². The largest absolute Gasteiger partial charge is 0.466 e. The second-order valence-electron chi connectivity index (χ2n) is 14.2. The van der Waals surface area contributed by atoms with Crippen molar-refractivity contribution in [1.29, 1.82) is 0 Å². The molecule has 0 aliphatic carbocycles. The van der Waals surface area contributed by atoms with E-state index in [9.17, 15) is 13.2 Å². The number of hydrogen-bond acceptors (Lipinski definition) is 7. The highest BCUT2D eigenvalue weighted by Crippen LogP contribution is 2.48. The lowest BCUT2D eigenvalue weighted by molar-refractivity contribution is -0.149. The Balaban J connectivity index is 1.36. The monoisotopic (exact) mass is 635 g/mol. The van der Waals surface area contributed by atoms with Gasteiger partial charge in [-0.2, -0.15) is 0 Å². The van der Waals surface area contributed by atoms with Crippen LogP contribution in [0.4, 0.5) is 11.4 Å². The zero-order chi connectivity index (χ0) is 32.5. The Morgan fingerprint density at radius 1 is 1.09 bits per heavy atom. The Morgan fingerprint density at radius 3 is 2.47 bits per heavy atom. The summed E-state index contributed by atoms with van der Waals surface area (Å²) in [5, 5.41) is 1.61. The molecule has 1 fully saturated rings. The highest BCUT2D eigenvalue weighted by Gasteiger charge is 2.39. The number of rotatable bonds is 6. The topological polar surface area (TPSA) is 91.5 Å². The van der Waals surface area contributed by atoms with Crippen LogP contribution in [0.1, 0.15) is 84.8 Å². The molecule has 4 heterocycles. The van der Waals surface area contributed by atoms with Gasteiger partial charge < -0.3 is 14.4 Å². The number of piperidine rings is 1. The lowest BCUT2D eigenvalue weighted by Gasteiger charge is -2.47. The number of carbonyl (C=O) groups excluding carboxylic acids is 1. The minimum absolute atomic E-state index is 0.0480. The van der Waals surface area contributed by atoms with E-state index in [2.05, 4.69) is 69.2 Å². The molecule has 2 aromatic carbocycles. The average Bonchev–Trinajstić information content (AvgIpc) is 2.97. The molecule has 0 radical (unpaired) electrons. The van der Waals surface area contributed by atoms with Gasteiger partial charge in [-0.15, -0.1) is 0 Å². The van der Waals surface area contributed by atoms with Crippen LogP contribution in [0.2, 0.25) is 0 Å². The molecule has 1 unspecified atom stereocenters. The maximum absolute atomic E-state index is 13.8. The third-order valence-corrected chi connectivity index (χ3v) is 12.1. The molecule has 0 amide bonds. The van der Waals surface area contributed by atoms with Crippen LogP contribution in [0, 0.1) is 5.92 Å². The molecule has 0 saturated carbocycles. The van der Waals surface area contributed by atoms with Crippen molar-refractivity contribution in [1.82, 2.24) is 8.88 Å². The molecule has 10 heteroatoms. The van der Waals surface area contributed by atoms with Crippen LogP contribution < -0.4 is 24.9 Å². The smallest absolute Gasteiger partial charge is 0.309 e. The Bertz CT molecular complexity index is 1820. The third-order valence-electron chi connectivity index (χ3n) is 10.2. The van der Waals surface area contributed by atoms with Crippen molar-refractivity contribution >= 4 is 32.9 Å². The summed E-state index contributed by atoms with van der Waals surface area (Å²) in [6.07, 6.45) is 4.06. The molecule has 2 aromatic rings. The standard InChI is InChI=1S/C35H47N4O5S/c1-9-39-30-18-32-27(15-25(30)22(3)19-35(39,6)7)36-28-16-26-24(20-34(4,5)37(8)29(26)17-31(28)44-32)21-45(41,42)38-13-11-23(12-14-38)33(40)43-10-2/h15-18,20,22-23H,9-14,19,21H2,1-8H3/q+1. The lowest BCUT2D eigenvalue weighted by atomic mass is 9.80. The maximum atomic E-state index is 13.8. The number of nitrogens with zero attached hydrogens (tertiary/aromatic N) is 4. The van der Waals surface area contributed by atoms with Gasteiger partial charge in [-0.25, -0.2) is 22.3 Å². The van der Waals surface area contributed by atoms with E-state index in [1.807, 2.05) is 19.2 Å². The van der Waals surface area contributed by atoms with E-state index in [0.29, 0.717) is 49.6 Å². The Labute approximate surface area is 267 Å². The molecule has 45 heavy (non-hydrogen) atoms. The van der Waals surface area contributed by atoms with Crippen LogP contribution in [0.5, 0.6) is 11.5 Å². The summed E-state index contributed by atoms with van der Waals surface area (Å²) >= 11 is 0. The fourth-order valence-corrected chi connectivity index (χ4v) is 9.30. The number of likely N-dealkylation sites (N-methyl/N-ethyl adjacent to an activating group) is 1. The second-order valence-corrected chi connectivity index (χ2v) is 16.1. The van der Waals surface area contributed by atoms with Gasteiger partial charge in [-0.3, -0.25) is 4.79 Å². The molecule has 1 atom stereocenters. The van der Waals surface area contributed by atoms with E-state index >= 15 is 0 Å². The summed E-state index contributed by atoms with van der Waals surface area (Å²) in [5.74, 6) is 1.20. The van der Waals surface area contributed by atoms with Gasteiger partial charge in [0.05, 0.1) is 29.9 Å². The molecule has 0 spiro atoms. The van der Waals surface area contributed by atoms with Crippen LogP contribution in [-0.2, 0) is 19.6 Å². The molecule has 9 nitrogen and oxygen atoms in total. The van der Waals surface area contributed by atoms with E-state index in [-0.39, 0.29) is 23.2 Å². The number of sulfonamides is 1. The number of anilines is 1. The van der Waals surface area contributed by atoms with Crippen LogP contribution in [0.25, 0.3) is 5.57 Å². The Kier molecular flexibility index (Phi) is 7.92. The van der Waals surface area contributed by atoms with Crippen molar-refractivity contribution in [2.24, 2.45) is 10.9 Å². The highest BCUT2D eigenvalue weighted by atomic mass is 32.2. The summed E-state index contributed by atoms with van der Waals surface area (Å²) in [4.78, 5) is 19.8. The number of carbonyl (C=O) groups is 1. The minimum Gasteiger partial charge on any atom is -0.466 e. The van der Waals surface area contributed by atoms with E-state index in [4.69, 9.17) is 14.5 Å². The number of esters is 1. The van der Waals surface area contributed by atoms with Crippen molar-refractivity contribution in [2.75, 3.05) is 43.9 Å². The number of hydrogen-bond donors (Lipinski definition) is 0. The SMILES string of the molecule is CCOC(=O)C1CCN(S(=O)(=O)CC2=CC(C)(C)[N+](C)=c3cc4c(cc32)=Nc2cc3c(cc2O4)N(CC)C(C)(C)CC3C)CC1. The van der Waals surface area contributed by atoms with Gasteiger partial charge >= 0.3 is 5.97 Å². The molecule has 0 aromatic heterocycles. The predicted molar refractivity (Wildman–Crippen MR) is 177 cm³/mol. The Hall–Kier alpha value is -3.24. The van der Waals surface area contributed by atoms with Crippen molar-refractivity contribution in [3.8, 4) is 11.5 Å². The molecule has 4 aliphatic rings. The van der Waals surface area contributed by atoms with E-state index < -0.39 is 15.6 Å². The minimum atomic E-state index is -3.63. The fraction of sp³-hybridized carbons (Fsp3) is 0.571. The summed E-state index contributed by atoms with van der Waals surface area (Å²) in [5.41, 5.74) is 4.52. The first kappa shape index (κ1) is 31.7. The molecular weight excluding hydrogens is 588 g/mol. The predicted octanol–water partition coefficient (Wildman–Crippen LogP) is 4.76. The first-order valence-corrected chi connectivity index (χ1v) is 17.9. The zero-order valence-electron chi connectivity index (χ0n) is 27.9. The molecular formula is C35H47N4O5S+. The van der Waals surface area contributed by atoms with Gasteiger partial charge in [0.15, 0.2) is 17.0 Å². The fourth-order valence-electron chi connectivity index (χ4n) is 7.72. The number of fused-ring (bicyclic) bond motifs is 4. The highest BCUT2D eigenvalue weighted by molar-refractivity contribution is 7.89. The quantitative estimate of drug-likeness (QED) is 0.287. The molecule has 6 rings (SSSR count). The summed E-state index contributed by atoms with van der Waals surface area (Å²) in [6.45, 7) is 16.9. The van der Waals surface area contributed by atoms with Crippen molar-refractivity contribution in [3.05, 3.63) is 52.2 Å². The summed E-state index contributed by atoms with van der Waals surface area (Å²) < 4.78 is 43.0. The van der Waals surface area contributed by atoms with E-state index in [1.165, 1.54) is 15.6 Å². The normalized spacial score (nSPS) is 22.2. The lowest BCUT2D eigenvalue weighted by Crippen LogP contribution is -2.48. The Morgan fingerprint density at radius 2 is 1.80 bits per heavy atom. The van der Waals surface area contributed by atoms with Gasteiger partial charge in [-0.1, -0.05) is 6.92 Å². The van der Waals surface area contributed by atoms with Gasteiger partial charge in [0.2, 0.25) is 15.4 Å². The van der Waals surface area contributed by atoms with E-state index in [1.54, 1.807) is 6.92 Å². The molecule has 0 bridgehead atoms. The van der Waals surface area contributed by atoms with Crippen molar-refractivity contribution in [2.45, 2.75) is 84.7 Å². The van der Waals surface area contributed by atoms with Crippen LogP contribution in [-0.4, -0.2) is 68.8 Å². The first-order valence-electron chi connectivity index (χ1n) is 16.3. The van der Waals surface area contributed by atoms with Gasteiger partial charge in [0.1, 0.15) is 18.1 Å². The van der Waals surface area contributed by atoms with Gasteiger partial charge in [0.25, 0.3) is 0 Å². The van der Waals surface area contributed by atoms with Gasteiger partial charge in [-0.05, 0) is 82.2 Å². The number of ether oxygens (including phenoxy) is 2. The first-order chi connectivity index (χ1) is 21.1. The molecule has 4 aliphatic heterocycles. The van der Waals surface area contributed by atoms with Crippen molar-refractivity contribution in [3.63, 3.8) is 0 Å². The van der Waals surface area contributed by atoms with E-state index in [0.717, 1.165) is 40.9 Å². The van der Waals surface area contributed by atoms with Crippen LogP contribution in [0.3, 0.4) is 0 Å². The molecule has 0 N–H and O–H groups in total. The van der Waals surface area contributed by atoms with Crippen LogP contribution >= 0.6 is 0 Å². The third kappa shape index (κ3) is 5.58. The number of benzene rings is 2. The van der Waals surface area contributed by atoms with Gasteiger partial charge in [0, 0.05) is 50.8 Å². The average molecular weight is 636 g/mol. The van der Waals surface area contributed by atoms with Crippen molar-refractivity contribution < 1.29 is 22.7 Å². The second kappa shape index (κ2) is 11.2. The zero-order valence-corrected chi connectivity index (χ0v) is 28.8. The maximum Gasteiger partial charge on any atom is 0.309 e. The molecule has 242 valence electrons.